The van der Waals surface area contributed by atoms with E-state index < -0.39 is 34.7 Å². The number of carbonyl (C=O) groups is 3. The van der Waals surface area contributed by atoms with Gasteiger partial charge in [-0.3, -0.25) is 14.2 Å². The van der Waals surface area contributed by atoms with Gasteiger partial charge in [-0.1, -0.05) is 19.6 Å². The Kier molecular flexibility index (Phi) is 3.84. The normalized spacial score (nSPS) is 21.8. The van der Waals surface area contributed by atoms with Crippen molar-refractivity contribution >= 4 is 34.9 Å². The number of imide groups is 2. The SMILES string of the molecule is C[Si](C)(C)OC1C(=O)N([Si](C)(C)C)C(=O)N1C=O. The Hall–Kier alpha value is -0.996. The smallest absolute Gasteiger partial charge is 0.327 e. The van der Waals surface area contributed by atoms with E-state index >= 15 is 0 Å². The third-order valence-electron chi connectivity index (χ3n) is 2.35. The molecule has 0 aromatic carbocycles. The van der Waals surface area contributed by atoms with Crippen molar-refractivity contribution in [2.45, 2.75) is 45.5 Å². The lowest BCUT2D eigenvalue weighted by Crippen LogP contribution is -2.50. The molecular weight excluding hydrogens is 268 g/mol. The topological polar surface area (TPSA) is 66.9 Å². The lowest BCUT2D eigenvalue weighted by Gasteiger charge is -2.27. The summed E-state index contributed by atoms with van der Waals surface area (Å²) in [5, 5.41) is 0. The van der Waals surface area contributed by atoms with E-state index in [1.165, 1.54) is 4.57 Å². The maximum atomic E-state index is 12.2. The van der Waals surface area contributed by atoms with E-state index in [0.29, 0.717) is 6.41 Å². The Morgan fingerprint density at radius 3 is 1.94 bits per heavy atom. The highest BCUT2D eigenvalue weighted by atomic mass is 28.4. The number of amides is 4. The minimum absolute atomic E-state index is 0.380. The van der Waals surface area contributed by atoms with Gasteiger partial charge in [-0.15, -0.1) is 0 Å². The summed E-state index contributed by atoms with van der Waals surface area (Å²) < 4.78 is 6.87. The van der Waals surface area contributed by atoms with Crippen LogP contribution in [-0.2, 0) is 14.0 Å². The summed E-state index contributed by atoms with van der Waals surface area (Å²) in [5.74, 6) is -0.409. The molecule has 1 aliphatic rings. The molecule has 102 valence electrons. The highest BCUT2D eigenvalue weighted by Crippen LogP contribution is 2.25. The van der Waals surface area contributed by atoms with Gasteiger partial charge in [-0.25, -0.2) is 9.69 Å². The average molecular weight is 288 g/mol. The zero-order valence-corrected chi connectivity index (χ0v) is 13.7. The van der Waals surface area contributed by atoms with Gasteiger partial charge in [-0.05, 0) is 19.6 Å². The molecule has 6 nitrogen and oxygen atoms in total. The highest BCUT2D eigenvalue weighted by Gasteiger charge is 2.51. The van der Waals surface area contributed by atoms with Crippen LogP contribution in [0.1, 0.15) is 0 Å². The number of rotatable bonds is 4. The monoisotopic (exact) mass is 288 g/mol. The van der Waals surface area contributed by atoms with Crippen LogP contribution in [0.5, 0.6) is 0 Å². The van der Waals surface area contributed by atoms with Crippen molar-refractivity contribution in [1.29, 1.82) is 0 Å². The second-order valence-electron chi connectivity index (χ2n) is 6.22. The molecule has 0 saturated carbocycles. The van der Waals surface area contributed by atoms with Crippen molar-refractivity contribution in [3.05, 3.63) is 0 Å². The van der Waals surface area contributed by atoms with Gasteiger partial charge in [0.05, 0.1) is 0 Å². The van der Waals surface area contributed by atoms with Crippen molar-refractivity contribution in [1.82, 2.24) is 9.47 Å². The van der Waals surface area contributed by atoms with Crippen molar-refractivity contribution in [2.75, 3.05) is 0 Å². The molecule has 4 amide bonds. The van der Waals surface area contributed by atoms with Gasteiger partial charge in [0, 0.05) is 0 Å². The molecule has 0 aromatic heterocycles. The zero-order valence-electron chi connectivity index (χ0n) is 11.7. The lowest BCUT2D eigenvalue weighted by atomic mass is 10.5. The molecule has 1 aliphatic heterocycles. The summed E-state index contributed by atoms with van der Waals surface area (Å²) >= 11 is 0. The van der Waals surface area contributed by atoms with Gasteiger partial charge in [-0.2, -0.15) is 0 Å². The average Bonchev–Trinajstić information content (AvgIpc) is 2.34. The second-order valence-corrected chi connectivity index (χ2v) is 15.5. The van der Waals surface area contributed by atoms with Gasteiger partial charge < -0.3 is 4.43 Å². The Balaban J connectivity index is 3.10. The predicted octanol–water partition coefficient (Wildman–Crippen LogP) is 1.42. The van der Waals surface area contributed by atoms with Crippen molar-refractivity contribution in [2.24, 2.45) is 0 Å². The summed E-state index contributed by atoms with van der Waals surface area (Å²) in [4.78, 5) is 36.2. The molecule has 1 atom stereocenters. The third-order valence-corrected chi connectivity index (χ3v) is 5.03. The Labute approximate surface area is 109 Å². The van der Waals surface area contributed by atoms with E-state index in [1.54, 1.807) is 0 Å². The molecule has 0 aromatic rings. The minimum Gasteiger partial charge on any atom is -0.390 e. The summed E-state index contributed by atoms with van der Waals surface area (Å²) in [6.07, 6.45) is -0.695. The van der Waals surface area contributed by atoms with Crippen LogP contribution in [0.25, 0.3) is 0 Å². The van der Waals surface area contributed by atoms with E-state index in [0.717, 1.165) is 4.90 Å². The van der Waals surface area contributed by atoms with E-state index in [4.69, 9.17) is 4.43 Å². The van der Waals surface area contributed by atoms with Gasteiger partial charge in [0.25, 0.3) is 5.91 Å². The van der Waals surface area contributed by atoms with Crippen LogP contribution in [0.3, 0.4) is 0 Å². The highest BCUT2D eigenvalue weighted by molar-refractivity contribution is 6.78. The molecule has 18 heavy (non-hydrogen) atoms. The van der Waals surface area contributed by atoms with Crippen LogP contribution in [0, 0.1) is 0 Å². The second kappa shape index (κ2) is 4.59. The fraction of sp³-hybridized carbons (Fsp3) is 0.700. The first kappa shape index (κ1) is 15.1. The predicted molar refractivity (Wildman–Crippen MR) is 71.7 cm³/mol. The molecule has 0 N–H and O–H groups in total. The minimum atomic E-state index is -2.16. The molecule has 0 spiro atoms. The van der Waals surface area contributed by atoms with Gasteiger partial charge in [0.2, 0.25) is 12.6 Å². The maximum Gasteiger partial charge on any atom is 0.327 e. The molecule has 1 rings (SSSR count). The van der Waals surface area contributed by atoms with Crippen LogP contribution in [0.4, 0.5) is 4.79 Å². The van der Waals surface area contributed by atoms with Crippen LogP contribution in [-0.4, -0.2) is 50.6 Å². The number of hydrogen-bond donors (Lipinski definition) is 0. The summed E-state index contributed by atoms with van der Waals surface area (Å²) in [7, 11) is -4.18. The number of hydrogen-bond acceptors (Lipinski definition) is 4. The van der Waals surface area contributed by atoms with E-state index in [1.807, 2.05) is 39.3 Å². The summed E-state index contributed by atoms with van der Waals surface area (Å²) in [5.41, 5.74) is 0. The fourth-order valence-electron chi connectivity index (χ4n) is 1.70. The van der Waals surface area contributed by atoms with Crippen LogP contribution < -0.4 is 0 Å². The molecule has 0 aliphatic carbocycles. The standard InChI is InChI=1S/C10H20N2O4Si2/c1-17(2,3)12-8(14)9(16-18(4,5)6)11(7-13)10(12)15/h7,9H,1-6H3. The zero-order chi connectivity index (χ0) is 14.3. The molecule has 1 unspecified atom stereocenters. The van der Waals surface area contributed by atoms with Crippen molar-refractivity contribution in [3.63, 3.8) is 0 Å². The van der Waals surface area contributed by atoms with Gasteiger partial charge in [0.1, 0.15) is 0 Å². The third kappa shape index (κ3) is 2.87. The van der Waals surface area contributed by atoms with Crippen molar-refractivity contribution in [3.8, 4) is 0 Å². The molecule has 1 fully saturated rings. The molecule has 1 heterocycles. The fourth-order valence-corrected chi connectivity index (χ4v) is 4.04. The lowest BCUT2D eigenvalue weighted by molar-refractivity contribution is -0.137. The quantitative estimate of drug-likeness (QED) is 0.446. The van der Waals surface area contributed by atoms with Gasteiger partial charge >= 0.3 is 6.03 Å². The van der Waals surface area contributed by atoms with Crippen LogP contribution >= 0.6 is 0 Å². The van der Waals surface area contributed by atoms with Crippen LogP contribution in [0.15, 0.2) is 0 Å². The number of carbonyl (C=O) groups excluding carboxylic acids is 3. The number of nitrogens with zero attached hydrogens (tertiary/aromatic N) is 2. The maximum absolute atomic E-state index is 12.2. The Morgan fingerprint density at radius 2 is 1.61 bits per heavy atom. The first-order valence-electron chi connectivity index (χ1n) is 5.78. The van der Waals surface area contributed by atoms with Gasteiger partial charge in [0.15, 0.2) is 16.6 Å². The van der Waals surface area contributed by atoms with E-state index in [9.17, 15) is 14.4 Å². The Morgan fingerprint density at radius 1 is 1.11 bits per heavy atom. The molecular formula is C10H20N2O4Si2. The summed E-state index contributed by atoms with van der Waals surface area (Å²) in [6, 6.07) is -0.558. The van der Waals surface area contributed by atoms with Crippen LogP contribution in [0.2, 0.25) is 39.3 Å². The first-order chi connectivity index (χ1) is 7.99. The molecule has 1 saturated heterocycles. The summed E-state index contributed by atoms with van der Waals surface area (Å²) in [6.45, 7) is 11.4. The Bertz CT molecular complexity index is 386. The van der Waals surface area contributed by atoms with Crippen molar-refractivity contribution < 1.29 is 18.8 Å². The van der Waals surface area contributed by atoms with E-state index in [-0.39, 0.29) is 0 Å². The largest absolute Gasteiger partial charge is 0.390 e. The first-order valence-corrected chi connectivity index (χ1v) is 12.6. The molecule has 0 bridgehead atoms. The van der Waals surface area contributed by atoms with E-state index in [2.05, 4.69) is 0 Å². The molecule has 8 heteroatoms. The number of urea groups is 1. The molecule has 0 radical (unpaired) electrons.